The van der Waals surface area contributed by atoms with Crippen LogP contribution in [0.25, 0.3) is 22.7 Å². The minimum absolute atomic E-state index is 0.496. The van der Waals surface area contributed by atoms with Gasteiger partial charge in [0.2, 0.25) is 0 Å². The van der Waals surface area contributed by atoms with Gasteiger partial charge in [-0.15, -0.1) is 0 Å². The van der Waals surface area contributed by atoms with E-state index in [-0.39, 0.29) is 0 Å². The molecule has 0 amide bonds. The Morgan fingerprint density at radius 3 is 2.54 bits per heavy atom. The molecule has 132 valence electrons. The van der Waals surface area contributed by atoms with E-state index in [2.05, 4.69) is 46.9 Å². The molecule has 1 heterocycles. The van der Waals surface area contributed by atoms with Gasteiger partial charge in [0.25, 0.3) is 0 Å². The van der Waals surface area contributed by atoms with Gasteiger partial charge < -0.3 is 14.6 Å². The highest BCUT2D eigenvalue weighted by Gasteiger charge is 2.09. The molecule has 1 aromatic heterocycles. The van der Waals surface area contributed by atoms with E-state index >= 15 is 0 Å². The lowest BCUT2D eigenvalue weighted by molar-refractivity contribution is 0.415. The van der Waals surface area contributed by atoms with E-state index in [4.69, 9.17) is 4.74 Å². The second-order valence-corrected chi connectivity index (χ2v) is 5.90. The van der Waals surface area contributed by atoms with E-state index in [1.54, 1.807) is 7.11 Å². The van der Waals surface area contributed by atoms with Crippen molar-refractivity contribution in [3.8, 4) is 11.8 Å². The number of nitrogens with zero attached hydrogens (tertiary/aromatic N) is 3. The third-order valence-corrected chi connectivity index (χ3v) is 4.40. The minimum atomic E-state index is 0.496. The lowest BCUT2D eigenvalue weighted by Crippen LogP contribution is -2.21. The fraction of sp³-hybridized carbons (Fsp3) is 0.238. The fourth-order valence-corrected chi connectivity index (χ4v) is 2.93. The Morgan fingerprint density at radius 1 is 1.19 bits per heavy atom. The molecule has 0 unspecified atom stereocenters. The number of fused-ring (bicyclic) bond motifs is 1. The highest BCUT2D eigenvalue weighted by molar-refractivity contribution is 5.90. The van der Waals surface area contributed by atoms with Crippen LogP contribution >= 0.6 is 0 Å². The molecule has 2 aromatic carbocycles. The van der Waals surface area contributed by atoms with E-state index in [9.17, 15) is 5.26 Å². The average Bonchev–Trinajstić information content (AvgIpc) is 3.11. The van der Waals surface area contributed by atoms with E-state index < -0.39 is 0 Å². The number of aromatic nitrogens is 2. The van der Waals surface area contributed by atoms with Crippen molar-refractivity contribution in [3.05, 3.63) is 53.9 Å². The summed E-state index contributed by atoms with van der Waals surface area (Å²) >= 11 is 0. The van der Waals surface area contributed by atoms with Crippen LogP contribution < -0.4 is 9.64 Å². The van der Waals surface area contributed by atoms with Crippen LogP contribution in [0.4, 0.5) is 5.69 Å². The number of anilines is 1. The van der Waals surface area contributed by atoms with Gasteiger partial charge in [-0.05, 0) is 49.8 Å². The summed E-state index contributed by atoms with van der Waals surface area (Å²) in [5.41, 5.74) is 4.30. The van der Waals surface area contributed by atoms with Gasteiger partial charge in [-0.1, -0.05) is 12.1 Å². The first kappa shape index (κ1) is 17.6. The predicted octanol–water partition coefficient (Wildman–Crippen LogP) is 4.48. The number of allylic oxidation sites excluding steroid dienone is 1. The van der Waals surface area contributed by atoms with Crippen molar-refractivity contribution in [2.45, 2.75) is 13.8 Å². The number of H-pyrrole nitrogens is 1. The van der Waals surface area contributed by atoms with Gasteiger partial charge >= 0.3 is 0 Å². The summed E-state index contributed by atoms with van der Waals surface area (Å²) in [5, 5.41) is 9.57. The second-order valence-electron chi connectivity index (χ2n) is 5.90. The van der Waals surface area contributed by atoms with Gasteiger partial charge in [0.1, 0.15) is 17.6 Å². The molecular weight excluding hydrogens is 324 g/mol. The Morgan fingerprint density at radius 2 is 1.92 bits per heavy atom. The second kappa shape index (κ2) is 7.75. The highest BCUT2D eigenvalue weighted by atomic mass is 16.5. The zero-order valence-electron chi connectivity index (χ0n) is 15.3. The van der Waals surface area contributed by atoms with Crippen LogP contribution in [0.3, 0.4) is 0 Å². The number of aromatic amines is 1. The maximum absolute atomic E-state index is 9.57. The monoisotopic (exact) mass is 346 g/mol. The van der Waals surface area contributed by atoms with Gasteiger partial charge in [-0.3, -0.25) is 0 Å². The smallest absolute Gasteiger partial charge is 0.149 e. The zero-order valence-corrected chi connectivity index (χ0v) is 15.3. The van der Waals surface area contributed by atoms with Crippen LogP contribution in [0.1, 0.15) is 25.2 Å². The molecule has 0 aliphatic heterocycles. The first-order valence-corrected chi connectivity index (χ1v) is 8.69. The number of methoxy groups -OCH3 is 1. The van der Waals surface area contributed by atoms with Crippen LogP contribution in [0.15, 0.2) is 42.5 Å². The molecule has 0 spiro atoms. The number of ether oxygens (including phenoxy) is 1. The van der Waals surface area contributed by atoms with Crippen molar-refractivity contribution in [1.82, 2.24) is 9.97 Å². The van der Waals surface area contributed by atoms with Crippen LogP contribution in [0, 0.1) is 11.3 Å². The molecule has 0 saturated carbocycles. The first-order valence-electron chi connectivity index (χ1n) is 8.69. The van der Waals surface area contributed by atoms with E-state index in [0.717, 1.165) is 35.4 Å². The molecular formula is C21H22N4O. The third kappa shape index (κ3) is 3.55. The standard InChI is InChI=1S/C21H22N4O/c1-4-25(5-2)17-8-6-15(7-9-17)12-16(14-22)21-23-19-11-10-18(26-3)13-20(19)24-21/h6-13H,4-5H2,1-3H3,(H,23,24)/b16-12-. The summed E-state index contributed by atoms with van der Waals surface area (Å²) in [5.74, 6) is 1.31. The quantitative estimate of drug-likeness (QED) is 0.668. The average molecular weight is 346 g/mol. The van der Waals surface area contributed by atoms with E-state index in [1.165, 1.54) is 5.69 Å². The predicted molar refractivity (Wildman–Crippen MR) is 106 cm³/mol. The minimum Gasteiger partial charge on any atom is -0.497 e. The molecule has 0 bridgehead atoms. The molecule has 0 saturated heterocycles. The van der Waals surface area contributed by atoms with Crippen molar-refractivity contribution >= 4 is 28.4 Å². The van der Waals surface area contributed by atoms with Crippen LogP contribution in [0.2, 0.25) is 0 Å². The summed E-state index contributed by atoms with van der Waals surface area (Å²) in [6, 6.07) is 16.1. The third-order valence-electron chi connectivity index (χ3n) is 4.40. The van der Waals surface area contributed by atoms with Crippen LogP contribution in [0.5, 0.6) is 5.75 Å². The van der Waals surface area contributed by atoms with Gasteiger partial charge in [-0.2, -0.15) is 5.26 Å². The van der Waals surface area contributed by atoms with Gasteiger partial charge in [0.15, 0.2) is 0 Å². The van der Waals surface area contributed by atoms with Crippen LogP contribution in [-0.2, 0) is 0 Å². The Hall–Kier alpha value is -3.26. The molecule has 0 aliphatic carbocycles. The van der Waals surface area contributed by atoms with E-state index in [0.29, 0.717) is 11.4 Å². The maximum atomic E-state index is 9.57. The van der Waals surface area contributed by atoms with Gasteiger partial charge in [0.05, 0.1) is 23.7 Å². The number of imidazole rings is 1. The topological polar surface area (TPSA) is 64.9 Å². The molecule has 0 atom stereocenters. The summed E-state index contributed by atoms with van der Waals surface area (Å²) in [7, 11) is 1.63. The number of benzene rings is 2. The Kier molecular flexibility index (Phi) is 5.23. The summed E-state index contributed by atoms with van der Waals surface area (Å²) in [6.07, 6.45) is 1.85. The SMILES string of the molecule is CCN(CC)c1ccc(/C=C(/C#N)c2nc3ccc(OC)cc3[nH]2)cc1. The fourth-order valence-electron chi connectivity index (χ4n) is 2.93. The molecule has 3 rings (SSSR count). The van der Waals surface area contributed by atoms with Crippen molar-refractivity contribution in [2.75, 3.05) is 25.1 Å². The number of nitrogens with one attached hydrogen (secondary N) is 1. The van der Waals surface area contributed by atoms with Crippen molar-refractivity contribution in [3.63, 3.8) is 0 Å². The van der Waals surface area contributed by atoms with Crippen molar-refractivity contribution in [2.24, 2.45) is 0 Å². The number of nitriles is 1. The van der Waals surface area contributed by atoms with Crippen molar-refractivity contribution in [1.29, 1.82) is 5.26 Å². The number of hydrogen-bond donors (Lipinski definition) is 1. The lowest BCUT2D eigenvalue weighted by Gasteiger charge is -2.20. The molecule has 26 heavy (non-hydrogen) atoms. The van der Waals surface area contributed by atoms with Crippen LogP contribution in [-0.4, -0.2) is 30.2 Å². The molecule has 0 radical (unpaired) electrons. The van der Waals surface area contributed by atoms with E-state index in [1.807, 2.05) is 36.4 Å². The number of rotatable bonds is 6. The summed E-state index contributed by atoms with van der Waals surface area (Å²) in [6.45, 7) is 6.22. The highest BCUT2D eigenvalue weighted by Crippen LogP contribution is 2.23. The Bertz CT molecular complexity index is 960. The normalized spacial score (nSPS) is 11.4. The maximum Gasteiger partial charge on any atom is 0.149 e. The van der Waals surface area contributed by atoms with Gasteiger partial charge in [0, 0.05) is 24.8 Å². The largest absolute Gasteiger partial charge is 0.497 e. The lowest BCUT2D eigenvalue weighted by atomic mass is 10.1. The van der Waals surface area contributed by atoms with Gasteiger partial charge in [-0.25, -0.2) is 4.98 Å². The molecule has 3 aromatic rings. The first-order chi connectivity index (χ1) is 12.7. The Labute approximate surface area is 153 Å². The molecule has 5 nitrogen and oxygen atoms in total. The molecule has 0 aliphatic rings. The zero-order chi connectivity index (χ0) is 18.5. The summed E-state index contributed by atoms with van der Waals surface area (Å²) in [4.78, 5) is 10.0. The number of hydrogen-bond acceptors (Lipinski definition) is 4. The van der Waals surface area contributed by atoms with Crippen molar-refractivity contribution < 1.29 is 4.74 Å². The molecule has 5 heteroatoms. The Balaban J connectivity index is 1.92. The molecule has 0 fully saturated rings. The molecule has 1 N–H and O–H groups in total. The summed E-state index contributed by atoms with van der Waals surface area (Å²) < 4.78 is 5.23.